The Labute approximate surface area is 160 Å². The van der Waals surface area contributed by atoms with E-state index in [0.717, 1.165) is 24.4 Å². The third kappa shape index (κ3) is 3.66. The molecule has 7 nitrogen and oxygen atoms in total. The summed E-state index contributed by atoms with van der Waals surface area (Å²) >= 11 is 0. The van der Waals surface area contributed by atoms with Gasteiger partial charge in [-0.1, -0.05) is 6.07 Å². The predicted octanol–water partition coefficient (Wildman–Crippen LogP) is 2.62. The molecule has 1 atom stereocenters. The molecular formula is C20H20FN5O2. The lowest BCUT2D eigenvalue weighted by atomic mass is 10.1. The Kier molecular flexibility index (Phi) is 4.68. The number of carbonyl (C=O) groups excluding carboxylic acids is 1. The van der Waals surface area contributed by atoms with E-state index in [2.05, 4.69) is 15.6 Å². The van der Waals surface area contributed by atoms with Crippen molar-refractivity contribution in [3.63, 3.8) is 0 Å². The Balaban J connectivity index is 1.42. The summed E-state index contributed by atoms with van der Waals surface area (Å²) in [4.78, 5) is 28.6. The third-order valence-corrected chi connectivity index (χ3v) is 4.75. The molecule has 4 rings (SSSR count). The van der Waals surface area contributed by atoms with Gasteiger partial charge in [-0.05, 0) is 31.5 Å². The average molecular weight is 381 g/mol. The molecule has 2 N–H and O–H groups in total. The number of hydrogen-bond acceptors (Lipinski definition) is 3. The van der Waals surface area contributed by atoms with Gasteiger partial charge in [-0.15, -0.1) is 0 Å². The van der Waals surface area contributed by atoms with E-state index < -0.39 is 11.8 Å². The summed E-state index contributed by atoms with van der Waals surface area (Å²) < 4.78 is 17.8. The molecule has 28 heavy (non-hydrogen) atoms. The third-order valence-electron chi connectivity index (χ3n) is 4.75. The molecule has 2 aromatic heterocycles. The lowest BCUT2D eigenvalue weighted by molar-refractivity contribution is 0.244. The lowest BCUT2D eigenvalue weighted by Gasteiger charge is -2.24. The standard InChI is InChI=1S/C20H20FN5O2/c1-13-11-25-12-14(5-8-18(25)22-13)23-20(28)24-17-7-6-15(10-16(17)21)26-9-3-2-4-19(26)27/h2-4,6-7,9-11,14H,5,8,12H2,1H3,(H2,23,24,28). The summed E-state index contributed by atoms with van der Waals surface area (Å²) in [6.45, 7) is 2.58. The van der Waals surface area contributed by atoms with Crippen LogP contribution in [0.25, 0.3) is 5.69 Å². The summed E-state index contributed by atoms with van der Waals surface area (Å²) in [5.74, 6) is 0.410. The quantitative estimate of drug-likeness (QED) is 0.732. The number of imidazole rings is 1. The zero-order chi connectivity index (χ0) is 19.7. The normalized spacial score (nSPS) is 15.7. The molecule has 144 valence electrons. The number of nitrogens with zero attached hydrogens (tertiary/aromatic N) is 3. The highest BCUT2D eigenvalue weighted by atomic mass is 19.1. The zero-order valence-corrected chi connectivity index (χ0v) is 15.4. The largest absolute Gasteiger partial charge is 0.333 e. The van der Waals surface area contributed by atoms with Gasteiger partial charge in [0, 0.05) is 43.5 Å². The lowest BCUT2D eigenvalue weighted by Crippen LogP contribution is -2.43. The Bertz CT molecular complexity index is 1090. The summed E-state index contributed by atoms with van der Waals surface area (Å²) in [6.07, 6.45) is 5.09. The van der Waals surface area contributed by atoms with Crippen molar-refractivity contribution in [3.05, 3.63) is 76.5 Å². The van der Waals surface area contributed by atoms with Gasteiger partial charge in [0.1, 0.15) is 11.6 Å². The van der Waals surface area contributed by atoms with Gasteiger partial charge in [-0.3, -0.25) is 9.36 Å². The van der Waals surface area contributed by atoms with Crippen LogP contribution in [0.3, 0.4) is 0 Å². The number of urea groups is 1. The maximum absolute atomic E-state index is 14.4. The van der Waals surface area contributed by atoms with Crippen molar-refractivity contribution in [1.82, 2.24) is 19.4 Å². The first kappa shape index (κ1) is 18.0. The Morgan fingerprint density at radius 3 is 2.93 bits per heavy atom. The van der Waals surface area contributed by atoms with Gasteiger partial charge in [0.25, 0.3) is 5.56 Å². The number of halogens is 1. The van der Waals surface area contributed by atoms with E-state index in [1.807, 2.05) is 17.7 Å². The van der Waals surface area contributed by atoms with Gasteiger partial charge < -0.3 is 15.2 Å². The second-order valence-electron chi connectivity index (χ2n) is 6.86. The first-order valence-corrected chi connectivity index (χ1v) is 9.07. The first-order valence-electron chi connectivity index (χ1n) is 9.07. The fourth-order valence-electron chi connectivity index (χ4n) is 3.44. The number of fused-ring (bicyclic) bond motifs is 1. The van der Waals surface area contributed by atoms with Crippen LogP contribution < -0.4 is 16.2 Å². The number of carbonyl (C=O) groups is 1. The Morgan fingerprint density at radius 2 is 2.14 bits per heavy atom. The van der Waals surface area contributed by atoms with E-state index >= 15 is 0 Å². The minimum atomic E-state index is -0.612. The van der Waals surface area contributed by atoms with E-state index in [4.69, 9.17) is 0 Å². The van der Waals surface area contributed by atoms with Gasteiger partial charge >= 0.3 is 6.03 Å². The monoisotopic (exact) mass is 381 g/mol. The maximum atomic E-state index is 14.4. The number of pyridine rings is 1. The topological polar surface area (TPSA) is 81.0 Å². The van der Waals surface area contributed by atoms with Crippen molar-refractivity contribution in [2.45, 2.75) is 32.4 Å². The second kappa shape index (κ2) is 7.30. The molecule has 0 bridgehead atoms. The molecule has 0 saturated carbocycles. The van der Waals surface area contributed by atoms with Crippen molar-refractivity contribution in [2.24, 2.45) is 0 Å². The summed E-state index contributed by atoms with van der Waals surface area (Å²) in [6, 6.07) is 8.45. The zero-order valence-electron chi connectivity index (χ0n) is 15.4. The van der Waals surface area contributed by atoms with Crippen LogP contribution in [-0.2, 0) is 13.0 Å². The molecule has 2 amide bonds. The molecule has 0 spiro atoms. The predicted molar refractivity (Wildman–Crippen MR) is 103 cm³/mol. The van der Waals surface area contributed by atoms with Crippen LogP contribution in [0.4, 0.5) is 14.9 Å². The molecule has 8 heteroatoms. The number of nitrogens with one attached hydrogen (secondary N) is 2. The molecule has 3 aromatic rings. The average Bonchev–Trinajstić information content (AvgIpc) is 3.03. The smallest absolute Gasteiger partial charge is 0.319 e. The number of anilines is 1. The van der Waals surface area contributed by atoms with Gasteiger partial charge in [0.2, 0.25) is 0 Å². The number of benzene rings is 1. The summed E-state index contributed by atoms with van der Waals surface area (Å²) in [5.41, 5.74) is 1.15. The van der Waals surface area contributed by atoms with Crippen LogP contribution in [0.5, 0.6) is 0 Å². The van der Waals surface area contributed by atoms with Gasteiger partial charge in [-0.2, -0.15) is 0 Å². The summed E-state index contributed by atoms with van der Waals surface area (Å²) in [5, 5.41) is 5.42. The van der Waals surface area contributed by atoms with Gasteiger partial charge in [0.05, 0.1) is 17.1 Å². The minimum absolute atomic E-state index is 0.0497. The number of aromatic nitrogens is 3. The summed E-state index contributed by atoms with van der Waals surface area (Å²) in [7, 11) is 0. The number of rotatable bonds is 3. The fraction of sp³-hybridized carbons (Fsp3) is 0.250. The van der Waals surface area contributed by atoms with E-state index in [0.29, 0.717) is 12.2 Å². The SMILES string of the molecule is Cc1cn2c(n1)CCC(NC(=O)Nc1ccc(-n3ccccc3=O)cc1F)C2. The van der Waals surface area contributed by atoms with Crippen LogP contribution in [-0.4, -0.2) is 26.2 Å². The molecule has 1 unspecified atom stereocenters. The van der Waals surface area contributed by atoms with Crippen LogP contribution in [0.15, 0.2) is 53.6 Å². The highest BCUT2D eigenvalue weighted by molar-refractivity contribution is 5.89. The number of hydrogen-bond donors (Lipinski definition) is 2. The van der Waals surface area contributed by atoms with Crippen molar-refractivity contribution >= 4 is 11.7 Å². The number of aryl methyl sites for hydroxylation is 2. The fourth-order valence-corrected chi connectivity index (χ4v) is 3.44. The molecule has 3 heterocycles. The highest BCUT2D eigenvalue weighted by Crippen LogP contribution is 2.19. The van der Waals surface area contributed by atoms with Crippen molar-refractivity contribution < 1.29 is 9.18 Å². The molecule has 1 aromatic carbocycles. The first-order chi connectivity index (χ1) is 13.5. The highest BCUT2D eigenvalue weighted by Gasteiger charge is 2.21. The van der Waals surface area contributed by atoms with Crippen molar-refractivity contribution in [3.8, 4) is 5.69 Å². The van der Waals surface area contributed by atoms with Crippen molar-refractivity contribution in [2.75, 3.05) is 5.32 Å². The van der Waals surface area contributed by atoms with Gasteiger partial charge in [-0.25, -0.2) is 14.2 Å². The van der Waals surface area contributed by atoms with Crippen molar-refractivity contribution in [1.29, 1.82) is 0 Å². The van der Waals surface area contributed by atoms with E-state index in [1.165, 1.54) is 22.8 Å². The van der Waals surface area contributed by atoms with E-state index in [1.54, 1.807) is 24.4 Å². The van der Waals surface area contributed by atoms with Crippen LogP contribution in [0.1, 0.15) is 17.9 Å². The van der Waals surface area contributed by atoms with Crippen LogP contribution >= 0.6 is 0 Å². The van der Waals surface area contributed by atoms with Crippen LogP contribution in [0.2, 0.25) is 0 Å². The number of amides is 2. The molecule has 0 fully saturated rings. The Morgan fingerprint density at radius 1 is 1.29 bits per heavy atom. The van der Waals surface area contributed by atoms with Crippen LogP contribution in [0, 0.1) is 12.7 Å². The minimum Gasteiger partial charge on any atom is -0.333 e. The molecule has 0 saturated heterocycles. The van der Waals surface area contributed by atoms with Gasteiger partial charge in [0.15, 0.2) is 0 Å². The molecule has 0 aliphatic carbocycles. The van der Waals surface area contributed by atoms with E-state index in [-0.39, 0.29) is 17.3 Å². The second-order valence-corrected chi connectivity index (χ2v) is 6.86. The maximum Gasteiger partial charge on any atom is 0.319 e. The Hall–Kier alpha value is -3.42. The molecule has 1 aliphatic heterocycles. The van der Waals surface area contributed by atoms with E-state index in [9.17, 15) is 14.0 Å². The molecular weight excluding hydrogens is 361 g/mol. The molecule has 0 radical (unpaired) electrons. The molecule has 1 aliphatic rings.